The monoisotopic (exact) mass is 366 g/mol. The van der Waals surface area contributed by atoms with Gasteiger partial charge in [-0.25, -0.2) is 13.4 Å². The second kappa shape index (κ2) is 6.68. The number of nitrogen functional groups attached to an aromatic ring is 1. The van der Waals surface area contributed by atoms with Gasteiger partial charge in [0.05, 0.1) is 6.04 Å². The molecule has 1 fully saturated rings. The van der Waals surface area contributed by atoms with E-state index >= 15 is 0 Å². The normalized spacial score (nSPS) is 19.3. The highest BCUT2D eigenvalue weighted by molar-refractivity contribution is 7.89. The third-order valence-corrected chi connectivity index (χ3v) is 6.35. The van der Waals surface area contributed by atoms with Crippen molar-refractivity contribution in [1.29, 1.82) is 0 Å². The summed E-state index contributed by atoms with van der Waals surface area (Å²) in [6, 6.07) is 8.45. The minimum absolute atomic E-state index is 0.0111. The molecule has 0 amide bonds. The first-order valence-corrected chi connectivity index (χ1v) is 9.42. The van der Waals surface area contributed by atoms with Gasteiger partial charge in [0.15, 0.2) is 0 Å². The molecule has 8 heteroatoms. The number of piperazine rings is 1. The molecule has 1 aliphatic heterocycles. The van der Waals surface area contributed by atoms with E-state index in [1.807, 2.05) is 18.2 Å². The van der Waals surface area contributed by atoms with E-state index in [1.165, 1.54) is 4.31 Å². The predicted octanol–water partition coefficient (Wildman–Crippen LogP) is 1.96. The Labute approximate surface area is 146 Å². The fraction of sp³-hybridized carbons (Fsp3) is 0.312. The summed E-state index contributed by atoms with van der Waals surface area (Å²) in [6.07, 6.45) is 1.55. The van der Waals surface area contributed by atoms with Crippen molar-refractivity contribution in [3.05, 3.63) is 52.7 Å². The van der Waals surface area contributed by atoms with Crippen LogP contribution in [0.25, 0.3) is 0 Å². The van der Waals surface area contributed by atoms with Crippen LogP contribution in [-0.4, -0.2) is 37.3 Å². The Bertz CT molecular complexity index is 857. The van der Waals surface area contributed by atoms with Gasteiger partial charge in [0.25, 0.3) is 0 Å². The molecule has 0 aliphatic carbocycles. The number of nitrogens with two attached hydrogens (primary N) is 1. The summed E-state index contributed by atoms with van der Waals surface area (Å²) in [5, 5.41) is 3.77. The Morgan fingerprint density at radius 1 is 1.38 bits per heavy atom. The molecule has 3 rings (SSSR count). The van der Waals surface area contributed by atoms with Crippen LogP contribution in [0.15, 0.2) is 41.4 Å². The van der Waals surface area contributed by atoms with Gasteiger partial charge in [-0.15, -0.1) is 0 Å². The van der Waals surface area contributed by atoms with Crippen LogP contribution in [0.2, 0.25) is 5.02 Å². The second-order valence-corrected chi connectivity index (χ2v) is 8.02. The first kappa shape index (κ1) is 17.2. The van der Waals surface area contributed by atoms with Crippen LogP contribution in [0, 0.1) is 6.92 Å². The number of pyridine rings is 1. The lowest BCUT2D eigenvalue weighted by molar-refractivity contribution is 0.271. The summed E-state index contributed by atoms with van der Waals surface area (Å²) in [4.78, 5) is 4.03. The Morgan fingerprint density at radius 2 is 2.12 bits per heavy atom. The number of hydrogen-bond acceptors (Lipinski definition) is 5. The van der Waals surface area contributed by atoms with E-state index in [1.54, 1.807) is 25.3 Å². The molecule has 2 heterocycles. The Kier molecular flexibility index (Phi) is 4.78. The number of rotatable bonds is 3. The van der Waals surface area contributed by atoms with Gasteiger partial charge in [0, 0.05) is 30.9 Å². The Balaban J connectivity index is 2.07. The molecule has 1 unspecified atom stereocenters. The Hall–Kier alpha value is -1.67. The molecule has 1 atom stereocenters. The van der Waals surface area contributed by atoms with Crippen LogP contribution in [0.3, 0.4) is 0 Å². The molecule has 128 valence electrons. The van der Waals surface area contributed by atoms with Crippen LogP contribution in [0.1, 0.15) is 17.2 Å². The number of aromatic nitrogens is 1. The van der Waals surface area contributed by atoms with Gasteiger partial charge in [-0.2, -0.15) is 4.31 Å². The summed E-state index contributed by atoms with van der Waals surface area (Å²) in [5.74, 6) is 0.0111. The van der Waals surface area contributed by atoms with E-state index in [2.05, 4.69) is 10.3 Å². The van der Waals surface area contributed by atoms with Gasteiger partial charge in [0.1, 0.15) is 10.7 Å². The third-order valence-electron chi connectivity index (χ3n) is 4.06. The summed E-state index contributed by atoms with van der Waals surface area (Å²) in [5.41, 5.74) is 7.35. The summed E-state index contributed by atoms with van der Waals surface area (Å²) >= 11 is 6.29. The molecule has 0 saturated carbocycles. The Morgan fingerprint density at radius 3 is 2.88 bits per heavy atom. The summed E-state index contributed by atoms with van der Waals surface area (Å²) in [7, 11) is -3.78. The molecule has 1 aromatic carbocycles. The van der Waals surface area contributed by atoms with Gasteiger partial charge >= 0.3 is 0 Å². The first-order chi connectivity index (χ1) is 11.4. The molecule has 2 aromatic rings. The molecule has 24 heavy (non-hydrogen) atoms. The minimum Gasteiger partial charge on any atom is -0.383 e. The van der Waals surface area contributed by atoms with Crippen molar-refractivity contribution in [2.45, 2.75) is 17.9 Å². The van der Waals surface area contributed by atoms with Crippen molar-refractivity contribution in [2.75, 3.05) is 25.4 Å². The maximum absolute atomic E-state index is 13.2. The molecule has 1 aliphatic rings. The van der Waals surface area contributed by atoms with E-state index in [4.69, 9.17) is 17.3 Å². The van der Waals surface area contributed by atoms with E-state index in [9.17, 15) is 8.42 Å². The van der Waals surface area contributed by atoms with Crippen LogP contribution >= 0.6 is 11.6 Å². The summed E-state index contributed by atoms with van der Waals surface area (Å²) in [6.45, 7) is 3.18. The summed E-state index contributed by atoms with van der Waals surface area (Å²) < 4.78 is 27.8. The molecule has 0 radical (unpaired) electrons. The SMILES string of the molecule is Cc1cnc(N)c(S(=O)(=O)N2CCNCC2c2ccccc2Cl)c1. The lowest BCUT2D eigenvalue weighted by Crippen LogP contribution is -2.48. The van der Waals surface area contributed by atoms with Gasteiger partial charge in [0.2, 0.25) is 10.0 Å². The zero-order valence-electron chi connectivity index (χ0n) is 13.2. The van der Waals surface area contributed by atoms with Crippen molar-refractivity contribution >= 4 is 27.4 Å². The van der Waals surface area contributed by atoms with E-state index in [0.29, 0.717) is 24.7 Å². The largest absolute Gasteiger partial charge is 0.383 e. The number of halogens is 1. The van der Waals surface area contributed by atoms with Crippen molar-refractivity contribution in [3.8, 4) is 0 Å². The number of sulfonamides is 1. The van der Waals surface area contributed by atoms with Crippen molar-refractivity contribution in [2.24, 2.45) is 0 Å². The fourth-order valence-corrected chi connectivity index (χ4v) is 4.89. The highest BCUT2D eigenvalue weighted by atomic mass is 35.5. The average molecular weight is 367 g/mol. The van der Waals surface area contributed by atoms with Crippen molar-refractivity contribution in [1.82, 2.24) is 14.6 Å². The molecule has 0 bridgehead atoms. The van der Waals surface area contributed by atoms with Crippen molar-refractivity contribution < 1.29 is 8.42 Å². The van der Waals surface area contributed by atoms with Gasteiger partial charge in [-0.05, 0) is 30.2 Å². The standard InChI is InChI=1S/C16H19ClN4O2S/c1-11-8-15(16(18)20-9-11)24(22,23)21-7-6-19-10-14(21)12-4-2-3-5-13(12)17/h2-5,8-9,14,19H,6-7,10H2,1H3,(H2,18,20). The fourth-order valence-electron chi connectivity index (χ4n) is 2.87. The highest BCUT2D eigenvalue weighted by Gasteiger charge is 2.36. The van der Waals surface area contributed by atoms with E-state index in [-0.39, 0.29) is 10.7 Å². The quantitative estimate of drug-likeness (QED) is 0.866. The predicted molar refractivity (Wildman–Crippen MR) is 94.3 cm³/mol. The average Bonchev–Trinajstić information content (AvgIpc) is 2.57. The molecule has 1 aromatic heterocycles. The molecule has 3 N–H and O–H groups in total. The third kappa shape index (κ3) is 3.12. The van der Waals surface area contributed by atoms with Crippen LogP contribution in [-0.2, 0) is 10.0 Å². The maximum atomic E-state index is 13.2. The zero-order valence-corrected chi connectivity index (χ0v) is 14.8. The zero-order chi connectivity index (χ0) is 17.3. The minimum atomic E-state index is -3.78. The van der Waals surface area contributed by atoms with Crippen molar-refractivity contribution in [3.63, 3.8) is 0 Å². The molecule has 1 saturated heterocycles. The van der Waals surface area contributed by atoms with Gasteiger partial charge in [-0.1, -0.05) is 29.8 Å². The number of anilines is 1. The number of aryl methyl sites for hydroxylation is 1. The second-order valence-electron chi connectivity index (χ2n) is 5.75. The van der Waals surface area contributed by atoms with Gasteiger partial charge in [-0.3, -0.25) is 0 Å². The molecule has 6 nitrogen and oxygen atoms in total. The van der Waals surface area contributed by atoms with Crippen LogP contribution in [0.5, 0.6) is 0 Å². The molecular weight excluding hydrogens is 348 g/mol. The molecule has 0 spiro atoms. The number of benzene rings is 1. The lowest BCUT2D eigenvalue weighted by Gasteiger charge is -2.36. The number of nitrogens with one attached hydrogen (secondary N) is 1. The highest BCUT2D eigenvalue weighted by Crippen LogP contribution is 2.33. The maximum Gasteiger partial charge on any atom is 0.247 e. The van der Waals surface area contributed by atoms with Crippen LogP contribution < -0.4 is 11.1 Å². The van der Waals surface area contributed by atoms with E-state index in [0.717, 1.165) is 11.1 Å². The molecular formula is C16H19ClN4O2S. The van der Waals surface area contributed by atoms with E-state index < -0.39 is 16.1 Å². The smallest absolute Gasteiger partial charge is 0.247 e. The lowest BCUT2D eigenvalue weighted by atomic mass is 10.1. The van der Waals surface area contributed by atoms with Gasteiger partial charge < -0.3 is 11.1 Å². The topological polar surface area (TPSA) is 88.3 Å². The number of nitrogens with zero attached hydrogens (tertiary/aromatic N) is 2. The number of hydrogen-bond donors (Lipinski definition) is 2. The first-order valence-electron chi connectivity index (χ1n) is 7.60. The van der Waals surface area contributed by atoms with Crippen LogP contribution in [0.4, 0.5) is 5.82 Å².